The Hall–Kier alpha value is -3.12. The summed E-state index contributed by atoms with van der Waals surface area (Å²) in [5.74, 6) is 0.996. The second kappa shape index (κ2) is 7.48. The molecule has 1 aliphatic heterocycles. The van der Waals surface area contributed by atoms with Crippen molar-refractivity contribution in [1.82, 2.24) is 14.5 Å². The summed E-state index contributed by atoms with van der Waals surface area (Å²) in [5.41, 5.74) is 3.17. The molecule has 0 unspecified atom stereocenters. The van der Waals surface area contributed by atoms with E-state index in [1.807, 2.05) is 42.9 Å². The Morgan fingerprint density at radius 2 is 1.96 bits per heavy atom. The SMILES string of the molecule is CN(C)CCCn1cnc2c(c1=N)[C@H](c1ccccc1)c1ccc(O)cc1O2. The number of rotatable bonds is 5. The lowest BCUT2D eigenvalue weighted by atomic mass is 9.84. The van der Waals surface area contributed by atoms with Gasteiger partial charge in [0.2, 0.25) is 5.88 Å². The minimum atomic E-state index is -0.165. The van der Waals surface area contributed by atoms with E-state index >= 15 is 0 Å². The summed E-state index contributed by atoms with van der Waals surface area (Å²) >= 11 is 0. The molecule has 0 saturated carbocycles. The minimum absolute atomic E-state index is 0.148. The average molecular weight is 376 g/mol. The average Bonchev–Trinajstić information content (AvgIpc) is 2.68. The monoisotopic (exact) mass is 376 g/mol. The van der Waals surface area contributed by atoms with Crippen molar-refractivity contribution in [3.8, 4) is 17.4 Å². The van der Waals surface area contributed by atoms with Gasteiger partial charge in [-0.15, -0.1) is 0 Å². The molecule has 0 aliphatic carbocycles. The van der Waals surface area contributed by atoms with Gasteiger partial charge in [-0.2, -0.15) is 0 Å². The topological polar surface area (TPSA) is 74.4 Å². The lowest BCUT2D eigenvalue weighted by Gasteiger charge is -2.28. The molecule has 0 fully saturated rings. The van der Waals surface area contributed by atoms with Crippen LogP contribution in [0.15, 0.2) is 54.9 Å². The Morgan fingerprint density at radius 1 is 1.18 bits per heavy atom. The first-order valence-corrected chi connectivity index (χ1v) is 9.39. The maximum atomic E-state index is 9.89. The first-order chi connectivity index (χ1) is 13.5. The van der Waals surface area contributed by atoms with Gasteiger partial charge in [0.05, 0.1) is 5.56 Å². The molecule has 6 nitrogen and oxygen atoms in total. The van der Waals surface area contributed by atoms with Crippen molar-refractivity contribution in [3.05, 3.63) is 77.0 Å². The maximum Gasteiger partial charge on any atom is 0.228 e. The van der Waals surface area contributed by atoms with Gasteiger partial charge in [0.1, 0.15) is 23.3 Å². The predicted molar refractivity (Wildman–Crippen MR) is 107 cm³/mol. The zero-order valence-corrected chi connectivity index (χ0v) is 16.1. The van der Waals surface area contributed by atoms with E-state index in [-0.39, 0.29) is 11.7 Å². The number of benzene rings is 2. The second-order valence-corrected chi connectivity index (χ2v) is 7.33. The standard InChI is InChI=1S/C22H24N4O2/c1-25(2)11-6-12-26-14-24-22-20(21(26)23)19(15-7-4-3-5-8-15)17-10-9-16(27)13-18(17)28-22/h3-5,7-10,13-14,19,23,27H,6,11-12H2,1-2H3/t19-/m1/s1. The summed E-state index contributed by atoms with van der Waals surface area (Å²) in [6.45, 7) is 1.67. The van der Waals surface area contributed by atoms with Crippen molar-refractivity contribution in [2.75, 3.05) is 20.6 Å². The third kappa shape index (κ3) is 3.39. The van der Waals surface area contributed by atoms with Crippen LogP contribution in [0.2, 0.25) is 0 Å². The fraction of sp³-hybridized carbons (Fsp3) is 0.273. The zero-order valence-electron chi connectivity index (χ0n) is 16.1. The molecule has 28 heavy (non-hydrogen) atoms. The van der Waals surface area contributed by atoms with Gasteiger partial charge in [0.25, 0.3) is 0 Å². The van der Waals surface area contributed by atoms with Crippen molar-refractivity contribution in [2.24, 2.45) is 0 Å². The highest BCUT2D eigenvalue weighted by atomic mass is 16.5. The summed E-state index contributed by atoms with van der Waals surface area (Å²) in [6, 6.07) is 15.2. The number of phenolic OH excluding ortho intramolecular Hbond substituents is 1. The molecule has 1 atom stereocenters. The molecule has 2 aromatic carbocycles. The first kappa shape index (κ1) is 18.3. The maximum absolute atomic E-state index is 9.89. The van der Waals surface area contributed by atoms with Crippen molar-refractivity contribution >= 4 is 0 Å². The fourth-order valence-corrected chi connectivity index (χ4v) is 3.68. The van der Waals surface area contributed by atoms with E-state index in [4.69, 9.17) is 10.1 Å². The van der Waals surface area contributed by atoms with E-state index in [2.05, 4.69) is 22.0 Å². The van der Waals surface area contributed by atoms with Crippen LogP contribution in [0.25, 0.3) is 0 Å². The van der Waals surface area contributed by atoms with Crippen LogP contribution in [0.1, 0.15) is 29.0 Å². The number of aromatic nitrogens is 2. The highest BCUT2D eigenvalue weighted by molar-refractivity contribution is 5.57. The number of nitrogens with zero attached hydrogens (tertiary/aromatic N) is 3. The van der Waals surface area contributed by atoms with Crippen LogP contribution in [0, 0.1) is 5.41 Å². The van der Waals surface area contributed by atoms with Gasteiger partial charge in [-0.1, -0.05) is 36.4 Å². The molecule has 0 bridgehead atoms. The van der Waals surface area contributed by atoms with Crippen molar-refractivity contribution < 1.29 is 9.84 Å². The fourth-order valence-electron chi connectivity index (χ4n) is 3.68. The molecule has 2 heterocycles. The van der Waals surface area contributed by atoms with Crippen LogP contribution in [0.5, 0.6) is 17.4 Å². The van der Waals surface area contributed by atoms with Crippen LogP contribution in [0.4, 0.5) is 0 Å². The molecule has 1 aromatic heterocycles. The van der Waals surface area contributed by atoms with Gasteiger partial charge in [-0.3, -0.25) is 5.41 Å². The normalized spacial score (nSPS) is 15.0. The Labute approximate surface area is 164 Å². The molecule has 3 aromatic rings. The first-order valence-electron chi connectivity index (χ1n) is 9.39. The quantitative estimate of drug-likeness (QED) is 0.560. The molecule has 0 radical (unpaired) electrons. The molecule has 4 rings (SSSR count). The highest BCUT2D eigenvalue weighted by Gasteiger charge is 2.32. The molecule has 1 aliphatic rings. The van der Waals surface area contributed by atoms with Gasteiger partial charge < -0.3 is 19.3 Å². The van der Waals surface area contributed by atoms with E-state index in [1.54, 1.807) is 18.5 Å². The van der Waals surface area contributed by atoms with E-state index in [0.717, 1.165) is 36.2 Å². The number of fused-ring (bicyclic) bond motifs is 2. The molecule has 0 saturated heterocycles. The van der Waals surface area contributed by atoms with Gasteiger partial charge in [0.15, 0.2) is 0 Å². The smallest absolute Gasteiger partial charge is 0.228 e. The van der Waals surface area contributed by atoms with Crippen molar-refractivity contribution in [1.29, 1.82) is 5.41 Å². The second-order valence-electron chi connectivity index (χ2n) is 7.33. The molecule has 0 spiro atoms. The van der Waals surface area contributed by atoms with Crippen molar-refractivity contribution in [3.63, 3.8) is 0 Å². The van der Waals surface area contributed by atoms with Gasteiger partial charge in [-0.05, 0) is 38.7 Å². The minimum Gasteiger partial charge on any atom is -0.508 e. The highest BCUT2D eigenvalue weighted by Crippen LogP contribution is 2.45. The third-order valence-corrected chi connectivity index (χ3v) is 5.03. The predicted octanol–water partition coefficient (Wildman–Crippen LogP) is 3.31. The lowest BCUT2D eigenvalue weighted by Crippen LogP contribution is -2.30. The van der Waals surface area contributed by atoms with Crippen LogP contribution in [-0.4, -0.2) is 40.2 Å². The van der Waals surface area contributed by atoms with E-state index in [0.29, 0.717) is 17.1 Å². The van der Waals surface area contributed by atoms with Gasteiger partial charge in [-0.25, -0.2) is 4.98 Å². The van der Waals surface area contributed by atoms with E-state index in [9.17, 15) is 5.11 Å². The number of aromatic hydroxyl groups is 1. The summed E-state index contributed by atoms with van der Waals surface area (Å²) < 4.78 is 7.86. The molecule has 2 N–H and O–H groups in total. The van der Waals surface area contributed by atoms with Crippen LogP contribution in [0.3, 0.4) is 0 Å². The Balaban J connectivity index is 1.83. The third-order valence-electron chi connectivity index (χ3n) is 5.03. The van der Waals surface area contributed by atoms with Gasteiger partial charge >= 0.3 is 0 Å². The van der Waals surface area contributed by atoms with Crippen LogP contribution >= 0.6 is 0 Å². The molecular weight excluding hydrogens is 352 g/mol. The number of nitrogens with one attached hydrogen (secondary N) is 1. The van der Waals surface area contributed by atoms with Crippen LogP contribution < -0.4 is 10.2 Å². The molecular formula is C22H24N4O2. The summed E-state index contributed by atoms with van der Waals surface area (Å²) in [4.78, 5) is 6.64. The van der Waals surface area contributed by atoms with Crippen molar-refractivity contribution in [2.45, 2.75) is 18.9 Å². The number of hydrogen-bond acceptors (Lipinski definition) is 5. The Kier molecular flexibility index (Phi) is 4.88. The Morgan fingerprint density at radius 3 is 2.71 bits per heavy atom. The number of aryl methyl sites for hydroxylation is 1. The summed E-state index contributed by atoms with van der Waals surface area (Å²) in [5, 5.41) is 18.7. The summed E-state index contributed by atoms with van der Waals surface area (Å²) in [6.07, 6.45) is 2.61. The molecule has 6 heteroatoms. The lowest BCUT2D eigenvalue weighted by molar-refractivity contribution is 0.378. The van der Waals surface area contributed by atoms with Gasteiger partial charge in [0, 0.05) is 24.1 Å². The van der Waals surface area contributed by atoms with E-state index in [1.165, 1.54) is 0 Å². The number of phenols is 1. The molecule has 0 amide bonds. The Bertz CT molecular complexity index is 1040. The number of ether oxygens (including phenoxy) is 1. The number of hydrogen-bond donors (Lipinski definition) is 2. The largest absolute Gasteiger partial charge is 0.508 e. The molecule has 144 valence electrons. The zero-order chi connectivity index (χ0) is 19.7. The summed E-state index contributed by atoms with van der Waals surface area (Å²) in [7, 11) is 4.09. The van der Waals surface area contributed by atoms with Crippen LogP contribution in [-0.2, 0) is 6.54 Å². The van der Waals surface area contributed by atoms with E-state index < -0.39 is 0 Å².